The minimum atomic E-state index is 0.146. The molecule has 0 radical (unpaired) electrons. The van der Waals surface area contributed by atoms with Crippen molar-refractivity contribution in [2.75, 3.05) is 18.6 Å². The van der Waals surface area contributed by atoms with E-state index in [1.165, 1.54) is 12.8 Å². The number of amides is 1. The van der Waals surface area contributed by atoms with Crippen molar-refractivity contribution in [1.82, 2.24) is 5.32 Å². The molecule has 92 valence electrons. The number of carbonyl (C=O) groups is 1. The molecule has 2 aliphatic carbocycles. The van der Waals surface area contributed by atoms with Crippen LogP contribution in [-0.4, -0.2) is 35.7 Å². The maximum atomic E-state index is 11.9. The molecule has 0 aromatic heterocycles. The highest BCUT2D eigenvalue weighted by Crippen LogP contribution is 2.54. The highest BCUT2D eigenvalue weighted by Gasteiger charge is 2.51. The zero-order valence-electron chi connectivity index (χ0n) is 9.82. The molecular formula is C12H21NO2S. The molecule has 0 aliphatic heterocycles. The molecule has 3 unspecified atom stereocenters. The van der Waals surface area contributed by atoms with Crippen LogP contribution in [0.3, 0.4) is 0 Å². The number of carbonyl (C=O) groups excluding carboxylic acids is 1. The molecule has 3 atom stereocenters. The Labute approximate surface area is 101 Å². The first-order valence-electron chi connectivity index (χ1n) is 6.16. The minimum Gasteiger partial charge on any atom is -0.396 e. The van der Waals surface area contributed by atoms with Crippen LogP contribution >= 0.6 is 11.8 Å². The highest BCUT2D eigenvalue weighted by atomic mass is 32.2. The van der Waals surface area contributed by atoms with E-state index in [9.17, 15) is 4.79 Å². The lowest BCUT2D eigenvalue weighted by Crippen LogP contribution is -2.38. The standard InChI is InChI=1S/C12H21NO2S/c1-16-7-9(4-5-14)13-12(15)11-6-10(11)8-2-3-8/h8-11,14H,2-7H2,1H3,(H,13,15). The molecule has 0 bridgehead atoms. The molecule has 3 nitrogen and oxygen atoms in total. The smallest absolute Gasteiger partial charge is 0.223 e. The second kappa shape index (κ2) is 5.41. The van der Waals surface area contributed by atoms with Gasteiger partial charge in [0.15, 0.2) is 0 Å². The molecule has 2 aliphatic rings. The van der Waals surface area contributed by atoms with Gasteiger partial charge in [0, 0.05) is 24.3 Å². The molecule has 0 saturated heterocycles. The third kappa shape index (κ3) is 3.14. The second-order valence-electron chi connectivity index (χ2n) is 5.02. The number of rotatable bonds is 7. The fourth-order valence-corrected chi connectivity index (χ4v) is 3.08. The summed E-state index contributed by atoms with van der Waals surface area (Å²) in [5.74, 6) is 2.95. The number of aliphatic hydroxyl groups is 1. The van der Waals surface area contributed by atoms with Gasteiger partial charge in [-0.05, 0) is 43.8 Å². The van der Waals surface area contributed by atoms with Crippen molar-refractivity contribution < 1.29 is 9.90 Å². The van der Waals surface area contributed by atoms with E-state index in [0.29, 0.717) is 12.3 Å². The maximum Gasteiger partial charge on any atom is 0.223 e. The van der Waals surface area contributed by atoms with Crippen LogP contribution in [0.25, 0.3) is 0 Å². The zero-order chi connectivity index (χ0) is 11.5. The summed E-state index contributed by atoms with van der Waals surface area (Å²) >= 11 is 1.72. The lowest BCUT2D eigenvalue weighted by atomic mass is 10.2. The van der Waals surface area contributed by atoms with Crippen molar-refractivity contribution in [3.63, 3.8) is 0 Å². The summed E-state index contributed by atoms with van der Waals surface area (Å²) in [4.78, 5) is 11.9. The summed E-state index contributed by atoms with van der Waals surface area (Å²) in [5, 5.41) is 12.0. The van der Waals surface area contributed by atoms with Gasteiger partial charge in [-0.15, -0.1) is 0 Å². The van der Waals surface area contributed by atoms with E-state index in [2.05, 4.69) is 5.32 Å². The second-order valence-corrected chi connectivity index (χ2v) is 5.93. The molecule has 0 aromatic rings. The van der Waals surface area contributed by atoms with Crippen LogP contribution in [0, 0.1) is 17.8 Å². The fourth-order valence-electron chi connectivity index (χ4n) is 2.42. The third-order valence-electron chi connectivity index (χ3n) is 3.60. The van der Waals surface area contributed by atoms with Gasteiger partial charge in [0.1, 0.15) is 0 Å². The monoisotopic (exact) mass is 243 g/mol. The van der Waals surface area contributed by atoms with Crippen molar-refractivity contribution >= 4 is 17.7 Å². The number of thioether (sulfide) groups is 1. The lowest BCUT2D eigenvalue weighted by Gasteiger charge is -2.16. The van der Waals surface area contributed by atoms with Crippen LogP contribution in [0.5, 0.6) is 0 Å². The third-order valence-corrected chi connectivity index (χ3v) is 4.33. The zero-order valence-corrected chi connectivity index (χ0v) is 10.6. The van der Waals surface area contributed by atoms with Gasteiger partial charge in [-0.3, -0.25) is 4.79 Å². The number of aliphatic hydroxyl groups excluding tert-OH is 1. The molecule has 0 heterocycles. The first kappa shape index (κ1) is 12.2. The van der Waals surface area contributed by atoms with Crippen LogP contribution < -0.4 is 5.32 Å². The van der Waals surface area contributed by atoms with Gasteiger partial charge >= 0.3 is 0 Å². The molecule has 0 aromatic carbocycles. The fraction of sp³-hybridized carbons (Fsp3) is 0.917. The predicted octanol–water partition coefficient (Wildman–Crippen LogP) is 1.26. The largest absolute Gasteiger partial charge is 0.396 e. The molecule has 2 fully saturated rings. The average Bonchev–Trinajstić information content (AvgIpc) is 3.10. The summed E-state index contributed by atoms with van der Waals surface area (Å²) < 4.78 is 0. The molecular weight excluding hydrogens is 222 g/mol. The van der Waals surface area contributed by atoms with E-state index in [1.54, 1.807) is 11.8 Å². The van der Waals surface area contributed by atoms with E-state index in [1.807, 2.05) is 6.26 Å². The average molecular weight is 243 g/mol. The molecule has 4 heteroatoms. The molecule has 2 rings (SSSR count). The van der Waals surface area contributed by atoms with Gasteiger partial charge in [0.2, 0.25) is 5.91 Å². The molecule has 16 heavy (non-hydrogen) atoms. The number of hydrogen-bond donors (Lipinski definition) is 2. The van der Waals surface area contributed by atoms with Crippen LogP contribution in [0.1, 0.15) is 25.7 Å². The maximum absolute atomic E-state index is 11.9. The Hall–Kier alpha value is -0.220. The summed E-state index contributed by atoms with van der Waals surface area (Å²) in [6, 6.07) is 0.146. The van der Waals surface area contributed by atoms with Crippen molar-refractivity contribution in [3.05, 3.63) is 0 Å². The Balaban J connectivity index is 1.72. The van der Waals surface area contributed by atoms with Crippen molar-refractivity contribution in [2.45, 2.75) is 31.7 Å². The van der Waals surface area contributed by atoms with Gasteiger partial charge in [-0.25, -0.2) is 0 Å². The van der Waals surface area contributed by atoms with Crippen LogP contribution in [0.2, 0.25) is 0 Å². The van der Waals surface area contributed by atoms with Crippen LogP contribution in [0.4, 0.5) is 0 Å². The van der Waals surface area contributed by atoms with E-state index in [0.717, 1.165) is 18.1 Å². The topological polar surface area (TPSA) is 49.3 Å². The van der Waals surface area contributed by atoms with Crippen LogP contribution in [-0.2, 0) is 4.79 Å². The summed E-state index contributed by atoms with van der Waals surface area (Å²) in [6.45, 7) is 0.155. The van der Waals surface area contributed by atoms with E-state index in [-0.39, 0.29) is 24.5 Å². The lowest BCUT2D eigenvalue weighted by molar-refractivity contribution is -0.123. The minimum absolute atomic E-state index is 0.146. The van der Waals surface area contributed by atoms with Gasteiger partial charge in [-0.2, -0.15) is 11.8 Å². The van der Waals surface area contributed by atoms with Crippen molar-refractivity contribution in [3.8, 4) is 0 Å². The summed E-state index contributed by atoms with van der Waals surface area (Å²) in [7, 11) is 0. The van der Waals surface area contributed by atoms with Gasteiger partial charge < -0.3 is 10.4 Å². The van der Waals surface area contributed by atoms with Gasteiger partial charge in [-0.1, -0.05) is 0 Å². The van der Waals surface area contributed by atoms with Crippen molar-refractivity contribution in [2.24, 2.45) is 17.8 Å². The van der Waals surface area contributed by atoms with E-state index >= 15 is 0 Å². The quantitative estimate of drug-likeness (QED) is 0.708. The van der Waals surface area contributed by atoms with Crippen molar-refractivity contribution in [1.29, 1.82) is 0 Å². The van der Waals surface area contributed by atoms with E-state index in [4.69, 9.17) is 5.11 Å². The first-order chi connectivity index (χ1) is 7.76. The molecule has 0 spiro atoms. The number of hydrogen-bond acceptors (Lipinski definition) is 3. The highest BCUT2D eigenvalue weighted by molar-refractivity contribution is 7.98. The summed E-state index contributed by atoms with van der Waals surface area (Å²) in [5.41, 5.74) is 0. The molecule has 2 saturated carbocycles. The first-order valence-corrected chi connectivity index (χ1v) is 7.55. The Kier molecular flexibility index (Phi) is 4.14. The number of nitrogens with one attached hydrogen (secondary N) is 1. The Bertz CT molecular complexity index is 249. The van der Waals surface area contributed by atoms with Crippen LogP contribution in [0.15, 0.2) is 0 Å². The predicted molar refractivity (Wildman–Crippen MR) is 66.3 cm³/mol. The Morgan fingerprint density at radius 3 is 2.88 bits per heavy atom. The van der Waals surface area contributed by atoms with Gasteiger partial charge in [0.25, 0.3) is 0 Å². The SMILES string of the molecule is CSCC(CCO)NC(=O)C1CC1C1CC1. The Morgan fingerprint density at radius 2 is 2.31 bits per heavy atom. The molecule has 2 N–H and O–H groups in total. The summed E-state index contributed by atoms with van der Waals surface area (Å²) in [6.07, 6.45) is 6.47. The van der Waals surface area contributed by atoms with Gasteiger partial charge in [0.05, 0.1) is 0 Å². The van der Waals surface area contributed by atoms with E-state index < -0.39 is 0 Å². The molecule has 1 amide bonds. The normalized spacial score (nSPS) is 29.9. The Morgan fingerprint density at radius 1 is 1.56 bits per heavy atom.